The Morgan fingerprint density at radius 3 is 2.73 bits per heavy atom. The zero-order valence-corrected chi connectivity index (χ0v) is 6.96. The van der Waals surface area contributed by atoms with Gasteiger partial charge in [0.25, 0.3) is 0 Å². The Balaban J connectivity index is 2.31. The van der Waals surface area contributed by atoms with E-state index in [2.05, 4.69) is 13.3 Å². The first-order valence-electron chi connectivity index (χ1n) is 4.22. The molecule has 1 nitrogen and oxygen atoms in total. The molecule has 0 aromatic carbocycles. The van der Waals surface area contributed by atoms with E-state index in [1.54, 1.807) is 0 Å². The largest absolute Gasteiger partial charge is 0.199 e. The molecule has 0 saturated carbocycles. The first-order chi connectivity index (χ1) is 5.24. The number of rotatable bonds is 1. The van der Waals surface area contributed by atoms with Crippen molar-refractivity contribution in [2.45, 2.75) is 37.7 Å². The normalized spacial score (nSPS) is 33.5. The quantitative estimate of drug-likeness (QED) is 0.514. The monoisotopic (exact) mass is 144 g/mol. The van der Waals surface area contributed by atoms with E-state index in [1.165, 1.54) is 0 Å². The standard InChI is InChI=1S/C8H12B2N/c1-6(9)7-2-3-8(5-11)10-4-7/h6-8H,2-4H2,1H3. The SMILES string of the molecule is [B]C(C)C1C[B]C(C#N)CC1. The summed E-state index contributed by atoms with van der Waals surface area (Å²) in [4.78, 5) is 0. The van der Waals surface area contributed by atoms with Gasteiger partial charge >= 0.3 is 0 Å². The second-order valence-corrected chi connectivity index (χ2v) is 3.40. The first-order valence-corrected chi connectivity index (χ1v) is 4.22. The second kappa shape index (κ2) is 3.85. The van der Waals surface area contributed by atoms with Gasteiger partial charge in [0.15, 0.2) is 0 Å². The minimum absolute atomic E-state index is 0.185. The van der Waals surface area contributed by atoms with Crippen molar-refractivity contribution in [2.75, 3.05) is 0 Å². The average molecular weight is 144 g/mol. The third-order valence-electron chi connectivity index (χ3n) is 2.48. The summed E-state index contributed by atoms with van der Waals surface area (Å²) >= 11 is 0. The van der Waals surface area contributed by atoms with Crippen molar-refractivity contribution < 1.29 is 0 Å². The van der Waals surface area contributed by atoms with Gasteiger partial charge in [-0.15, -0.1) is 0 Å². The predicted molar refractivity (Wildman–Crippen MR) is 47.8 cm³/mol. The average Bonchev–Trinajstić information content (AvgIpc) is 2.05. The Hall–Kier alpha value is -0.380. The molecule has 0 N–H and O–H groups in total. The van der Waals surface area contributed by atoms with Crippen molar-refractivity contribution in [1.82, 2.24) is 0 Å². The molecule has 0 aromatic heterocycles. The van der Waals surface area contributed by atoms with Gasteiger partial charge < -0.3 is 0 Å². The fourth-order valence-electron chi connectivity index (χ4n) is 1.56. The molecular weight excluding hydrogens is 132 g/mol. The molecular formula is C8H12B2N. The van der Waals surface area contributed by atoms with Gasteiger partial charge in [-0.1, -0.05) is 31.4 Å². The molecule has 1 aliphatic rings. The molecule has 1 aliphatic heterocycles. The maximum atomic E-state index is 8.60. The molecule has 0 aliphatic carbocycles. The molecule has 0 spiro atoms. The van der Waals surface area contributed by atoms with Gasteiger partial charge in [-0.3, -0.25) is 0 Å². The lowest BCUT2D eigenvalue weighted by Crippen LogP contribution is -2.19. The predicted octanol–water partition coefficient (Wildman–Crippen LogP) is 1.81. The minimum Gasteiger partial charge on any atom is -0.199 e. The lowest BCUT2D eigenvalue weighted by atomic mass is 9.50. The van der Waals surface area contributed by atoms with Gasteiger partial charge in [-0.05, 0) is 6.42 Å². The van der Waals surface area contributed by atoms with Crippen LogP contribution in [0.2, 0.25) is 18.0 Å². The maximum absolute atomic E-state index is 8.60. The van der Waals surface area contributed by atoms with Crippen molar-refractivity contribution in [3.8, 4) is 6.07 Å². The summed E-state index contributed by atoms with van der Waals surface area (Å²) in [5, 5.41) is 8.60. The van der Waals surface area contributed by atoms with E-state index in [-0.39, 0.29) is 11.6 Å². The Kier molecular flexibility index (Phi) is 3.05. The van der Waals surface area contributed by atoms with E-state index in [1.807, 2.05) is 6.92 Å². The lowest BCUT2D eigenvalue weighted by Gasteiger charge is -2.27. The highest BCUT2D eigenvalue weighted by Crippen LogP contribution is 2.33. The lowest BCUT2D eigenvalue weighted by molar-refractivity contribution is 0.475. The number of nitriles is 1. The molecule has 0 amide bonds. The summed E-state index contributed by atoms with van der Waals surface area (Å²) in [5.74, 6) is 1.08. The summed E-state index contributed by atoms with van der Waals surface area (Å²) in [6.07, 6.45) is 3.14. The molecule has 3 radical (unpaired) electrons. The molecule has 1 fully saturated rings. The first kappa shape index (κ1) is 8.71. The molecule has 3 heteroatoms. The van der Waals surface area contributed by atoms with Crippen LogP contribution in [0.3, 0.4) is 0 Å². The number of nitrogens with zero attached hydrogens (tertiary/aromatic N) is 1. The molecule has 0 aromatic rings. The topological polar surface area (TPSA) is 23.8 Å². The van der Waals surface area contributed by atoms with Crippen LogP contribution in [0, 0.1) is 17.2 Å². The smallest absolute Gasteiger partial charge is 0.133 e. The van der Waals surface area contributed by atoms with E-state index in [0.29, 0.717) is 5.92 Å². The minimum atomic E-state index is 0.185. The number of hydrogen-bond acceptors (Lipinski definition) is 1. The molecule has 0 bridgehead atoms. The van der Waals surface area contributed by atoms with Crippen LogP contribution < -0.4 is 0 Å². The van der Waals surface area contributed by atoms with Crippen LogP contribution in [0.15, 0.2) is 0 Å². The Labute approximate surface area is 70.8 Å². The molecule has 55 valence electrons. The fourth-order valence-corrected chi connectivity index (χ4v) is 1.56. The van der Waals surface area contributed by atoms with Crippen LogP contribution in [-0.2, 0) is 0 Å². The van der Waals surface area contributed by atoms with Crippen molar-refractivity contribution in [3.05, 3.63) is 0 Å². The van der Waals surface area contributed by atoms with Crippen molar-refractivity contribution >= 4 is 15.1 Å². The van der Waals surface area contributed by atoms with Crippen molar-refractivity contribution in [1.29, 1.82) is 5.26 Å². The Morgan fingerprint density at radius 2 is 2.36 bits per heavy atom. The highest BCUT2D eigenvalue weighted by molar-refractivity contribution is 6.39. The van der Waals surface area contributed by atoms with Gasteiger partial charge in [0.2, 0.25) is 0 Å². The van der Waals surface area contributed by atoms with Crippen LogP contribution in [0.4, 0.5) is 0 Å². The highest BCUT2D eigenvalue weighted by Gasteiger charge is 2.23. The van der Waals surface area contributed by atoms with Crippen LogP contribution in [0.5, 0.6) is 0 Å². The van der Waals surface area contributed by atoms with E-state index in [0.717, 1.165) is 19.2 Å². The van der Waals surface area contributed by atoms with Crippen molar-refractivity contribution in [3.63, 3.8) is 0 Å². The van der Waals surface area contributed by atoms with Crippen LogP contribution in [0.1, 0.15) is 19.8 Å². The van der Waals surface area contributed by atoms with Gasteiger partial charge in [0.05, 0.1) is 13.9 Å². The van der Waals surface area contributed by atoms with Gasteiger partial charge in [0, 0.05) is 5.82 Å². The maximum Gasteiger partial charge on any atom is 0.133 e. The summed E-state index contributed by atoms with van der Waals surface area (Å²) in [5.41, 5.74) is 0. The molecule has 3 unspecified atom stereocenters. The zero-order valence-electron chi connectivity index (χ0n) is 6.96. The molecule has 3 atom stereocenters. The van der Waals surface area contributed by atoms with Crippen molar-refractivity contribution in [2.24, 2.45) is 5.92 Å². The third-order valence-corrected chi connectivity index (χ3v) is 2.48. The molecule has 1 heterocycles. The van der Waals surface area contributed by atoms with E-state index < -0.39 is 0 Å². The van der Waals surface area contributed by atoms with E-state index in [9.17, 15) is 0 Å². The van der Waals surface area contributed by atoms with Gasteiger partial charge in [-0.2, -0.15) is 5.26 Å². The summed E-state index contributed by atoms with van der Waals surface area (Å²) in [7, 11) is 7.86. The fraction of sp³-hybridized carbons (Fsp3) is 0.875. The molecule has 1 saturated heterocycles. The van der Waals surface area contributed by atoms with Crippen LogP contribution >= 0.6 is 0 Å². The summed E-state index contributed by atoms with van der Waals surface area (Å²) < 4.78 is 0. The summed E-state index contributed by atoms with van der Waals surface area (Å²) in [6.45, 7) is 2.05. The second-order valence-electron chi connectivity index (χ2n) is 3.40. The summed E-state index contributed by atoms with van der Waals surface area (Å²) in [6, 6.07) is 2.27. The highest BCUT2D eigenvalue weighted by atomic mass is 14.3. The van der Waals surface area contributed by atoms with Crippen LogP contribution in [0.25, 0.3) is 0 Å². The van der Waals surface area contributed by atoms with Gasteiger partial charge in [0.1, 0.15) is 7.28 Å². The van der Waals surface area contributed by atoms with E-state index >= 15 is 0 Å². The Bertz CT molecular complexity index is 154. The molecule has 11 heavy (non-hydrogen) atoms. The van der Waals surface area contributed by atoms with E-state index in [4.69, 9.17) is 13.1 Å². The Morgan fingerprint density at radius 1 is 1.64 bits per heavy atom. The zero-order chi connectivity index (χ0) is 8.27. The van der Waals surface area contributed by atoms with Crippen LogP contribution in [-0.4, -0.2) is 15.1 Å². The number of hydrogen-bond donors (Lipinski definition) is 0. The third kappa shape index (κ3) is 2.29. The van der Waals surface area contributed by atoms with Gasteiger partial charge in [-0.25, -0.2) is 0 Å². The molecule has 1 rings (SSSR count).